The van der Waals surface area contributed by atoms with Crippen LogP contribution in [0.5, 0.6) is 5.75 Å². The van der Waals surface area contributed by atoms with E-state index in [1.807, 2.05) is 24.3 Å². The number of nitrogens with zero attached hydrogens (tertiary/aromatic N) is 1. The van der Waals surface area contributed by atoms with Gasteiger partial charge in [-0.2, -0.15) is 0 Å². The Hall–Kier alpha value is -1.32. The Morgan fingerprint density at radius 3 is 2.95 bits per heavy atom. The summed E-state index contributed by atoms with van der Waals surface area (Å²) in [7, 11) is 0. The zero-order valence-corrected chi connectivity index (χ0v) is 12.1. The van der Waals surface area contributed by atoms with Crippen LogP contribution in [0.2, 0.25) is 5.02 Å². The highest BCUT2D eigenvalue weighted by molar-refractivity contribution is 6.31. The van der Waals surface area contributed by atoms with Crippen molar-refractivity contribution in [2.24, 2.45) is 0 Å². The molecule has 0 saturated carbocycles. The summed E-state index contributed by atoms with van der Waals surface area (Å²) in [6.45, 7) is 5.94. The van der Waals surface area contributed by atoms with E-state index >= 15 is 0 Å². The molecule has 0 amide bonds. The van der Waals surface area contributed by atoms with E-state index in [1.165, 1.54) is 0 Å². The molecule has 2 aromatic rings. The van der Waals surface area contributed by atoms with Gasteiger partial charge in [0, 0.05) is 22.6 Å². The third kappa shape index (κ3) is 4.08. The Balaban J connectivity index is 1.97. The molecule has 0 unspecified atom stereocenters. The SMILES string of the molecule is CC(C)NCCCOc1ccnc2cc(Cl)ccc12. The van der Waals surface area contributed by atoms with Crippen LogP contribution in [0.15, 0.2) is 30.5 Å². The number of aromatic nitrogens is 1. The summed E-state index contributed by atoms with van der Waals surface area (Å²) in [6.07, 6.45) is 2.73. The van der Waals surface area contributed by atoms with Crippen LogP contribution in [0.4, 0.5) is 0 Å². The molecule has 0 saturated heterocycles. The van der Waals surface area contributed by atoms with E-state index in [2.05, 4.69) is 24.1 Å². The molecule has 0 bridgehead atoms. The van der Waals surface area contributed by atoms with Crippen LogP contribution in [0.25, 0.3) is 10.9 Å². The summed E-state index contributed by atoms with van der Waals surface area (Å²) in [6, 6.07) is 8.07. The Morgan fingerprint density at radius 2 is 2.16 bits per heavy atom. The molecule has 3 nitrogen and oxygen atoms in total. The maximum absolute atomic E-state index is 5.96. The largest absolute Gasteiger partial charge is 0.493 e. The van der Waals surface area contributed by atoms with Gasteiger partial charge >= 0.3 is 0 Å². The molecule has 1 aromatic heterocycles. The number of benzene rings is 1. The minimum absolute atomic E-state index is 0.517. The van der Waals surface area contributed by atoms with Crippen molar-refractivity contribution in [3.63, 3.8) is 0 Å². The molecule has 4 heteroatoms. The smallest absolute Gasteiger partial charge is 0.130 e. The second kappa shape index (κ2) is 6.73. The lowest BCUT2D eigenvalue weighted by Gasteiger charge is -2.10. The zero-order valence-electron chi connectivity index (χ0n) is 11.3. The average molecular weight is 279 g/mol. The summed E-state index contributed by atoms with van der Waals surface area (Å²) in [5.41, 5.74) is 0.866. The van der Waals surface area contributed by atoms with Crippen molar-refractivity contribution in [3.05, 3.63) is 35.5 Å². The fraction of sp³-hybridized carbons (Fsp3) is 0.400. The molecule has 102 valence electrons. The Bertz CT molecular complexity index is 543. The van der Waals surface area contributed by atoms with Gasteiger partial charge in [-0.25, -0.2) is 0 Å². The molecule has 0 atom stereocenters. The van der Waals surface area contributed by atoms with Gasteiger partial charge in [0.15, 0.2) is 0 Å². The molecule has 0 aliphatic rings. The summed E-state index contributed by atoms with van der Waals surface area (Å²) in [5, 5.41) is 5.06. The predicted molar refractivity (Wildman–Crippen MR) is 80.0 cm³/mol. The topological polar surface area (TPSA) is 34.1 Å². The van der Waals surface area contributed by atoms with Gasteiger partial charge in [-0.3, -0.25) is 4.98 Å². The van der Waals surface area contributed by atoms with E-state index in [9.17, 15) is 0 Å². The van der Waals surface area contributed by atoms with Crippen molar-refractivity contribution < 1.29 is 4.74 Å². The fourth-order valence-electron chi connectivity index (χ4n) is 1.87. The zero-order chi connectivity index (χ0) is 13.7. The Morgan fingerprint density at radius 1 is 1.32 bits per heavy atom. The fourth-order valence-corrected chi connectivity index (χ4v) is 2.03. The normalized spacial score (nSPS) is 11.2. The van der Waals surface area contributed by atoms with Crippen LogP contribution >= 0.6 is 11.6 Å². The maximum Gasteiger partial charge on any atom is 0.130 e. The highest BCUT2D eigenvalue weighted by Gasteiger charge is 2.03. The van der Waals surface area contributed by atoms with Crippen LogP contribution in [0.3, 0.4) is 0 Å². The highest BCUT2D eigenvalue weighted by Crippen LogP contribution is 2.26. The molecule has 1 heterocycles. The second-order valence-corrected chi connectivity index (χ2v) is 5.22. The standard InChI is InChI=1S/C15H19ClN2O/c1-11(2)17-7-3-9-19-15-6-8-18-14-10-12(16)4-5-13(14)15/h4-6,8,10-11,17H,3,7,9H2,1-2H3. The van der Waals surface area contributed by atoms with E-state index in [0.29, 0.717) is 17.7 Å². The number of fused-ring (bicyclic) bond motifs is 1. The number of rotatable bonds is 6. The van der Waals surface area contributed by atoms with Gasteiger partial charge in [-0.1, -0.05) is 25.4 Å². The van der Waals surface area contributed by atoms with Gasteiger partial charge in [-0.05, 0) is 37.2 Å². The highest BCUT2D eigenvalue weighted by atomic mass is 35.5. The predicted octanol–water partition coefficient (Wildman–Crippen LogP) is 3.66. The van der Waals surface area contributed by atoms with E-state index < -0.39 is 0 Å². The molecule has 1 aromatic carbocycles. The lowest BCUT2D eigenvalue weighted by Crippen LogP contribution is -2.24. The summed E-state index contributed by atoms with van der Waals surface area (Å²) < 4.78 is 5.82. The van der Waals surface area contributed by atoms with Crippen LogP contribution in [0, 0.1) is 0 Å². The average Bonchev–Trinajstić information content (AvgIpc) is 2.37. The van der Waals surface area contributed by atoms with Crippen LogP contribution in [0.1, 0.15) is 20.3 Å². The molecular formula is C15H19ClN2O. The Labute approximate surface area is 118 Å². The number of nitrogens with one attached hydrogen (secondary N) is 1. The molecule has 0 fully saturated rings. The van der Waals surface area contributed by atoms with E-state index in [1.54, 1.807) is 6.20 Å². The quantitative estimate of drug-likeness (QED) is 0.819. The third-order valence-corrected chi connectivity index (χ3v) is 3.03. The summed E-state index contributed by atoms with van der Waals surface area (Å²) in [5.74, 6) is 0.867. The molecular weight excluding hydrogens is 260 g/mol. The lowest BCUT2D eigenvalue weighted by atomic mass is 10.2. The van der Waals surface area contributed by atoms with Crippen LogP contribution < -0.4 is 10.1 Å². The first-order valence-corrected chi connectivity index (χ1v) is 6.95. The molecule has 2 rings (SSSR count). The van der Waals surface area contributed by atoms with Crippen molar-refractivity contribution in [2.45, 2.75) is 26.3 Å². The van der Waals surface area contributed by atoms with Gasteiger partial charge in [-0.15, -0.1) is 0 Å². The molecule has 0 spiro atoms. The van der Waals surface area contributed by atoms with Crippen LogP contribution in [-0.4, -0.2) is 24.2 Å². The maximum atomic E-state index is 5.96. The summed E-state index contributed by atoms with van der Waals surface area (Å²) >= 11 is 5.96. The lowest BCUT2D eigenvalue weighted by molar-refractivity contribution is 0.309. The monoisotopic (exact) mass is 278 g/mol. The van der Waals surface area contributed by atoms with Gasteiger partial charge < -0.3 is 10.1 Å². The van der Waals surface area contributed by atoms with E-state index in [4.69, 9.17) is 16.3 Å². The van der Waals surface area contributed by atoms with Crippen LogP contribution in [-0.2, 0) is 0 Å². The van der Waals surface area contributed by atoms with E-state index in [0.717, 1.165) is 29.6 Å². The second-order valence-electron chi connectivity index (χ2n) is 4.78. The summed E-state index contributed by atoms with van der Waals surface area (Å²) in [4.78, 5) is 4.29. The van der Waals surface area contributed by atoms with Gasteiger partial charge in [0.25, 0.3) is 0 Å². The minimum atomic E-state index is 0.517. The number of pyridine rings is 1. The molecule has 19 heavy (non-hydrogen) atoms. The number of ether oxygens (including phenoxy) is 1. The number of halogens is 1. The molecule has 0 radical (unpaired) electrons. The van der Waals surface area contributed by atoms with Gasteiger partial charge in [0.05, 0.1) is 12.1 Å². The molecule has 1 N–H and O–H groups in total. The minimum Gasteiger partial charge on any atom is -0.493 e. The first kappa shape index (κ1) is 14.1. The third-order valence-electron chi connectivity index (χ3n) is 2.80. The van der Waals surface area contributed by atoms with Gasteiger partial charge in [0.2, 0.25) is 0 Å². The van der Waals surface area contributed by atoms with Crippen molar-refractivity contribution >= 4 is 22.5 Å². The molecule has 0 aliphatic carbocycles. The first-order valence-electron chi connectivity index (χ1n) is 6.57. The van der Waals surface area contributed by atoms with Crippen molar-refractivity contribution in [2.75, 3.05) is 13.2 Å². The van der Waals surface area contributed by atoms with Crippen molar-refractivity contribution in [1.82, 2.24) is 10.3 Å². The first-order chi connectivity index (χ1) is 9.16. The van der Waals surface area contributed by atoms with E-state index in [-0.39, 0.29) is 0 Å². The van der Waals surface area contributed by atoms with Crippen molar-refractivity contribution in [1.29, 1.82) is 0 Å². The van der Waals surface area contributed by atoms with Gasteiger partial charge in [0.1, 0.15) is 5.75 Å². The number of hydrogen-bond acceptors (Lipinski definition) is 3. The molecule has 0 aliphatic heterocycles. The Kier molecular flexibility index (Phi) is 5.00. The number of hydrogen-bond donors (Lipinski definition) is 1. The van der Waals surface area contributed by atoms with Crippen molar-refractivity contribution in [3.8, 4) is 5.75 Å².